The quantitative estimate of drug-likeness (QED) is 0.523. The van der Waals surface area contributed by atoms with Crippen LogP contribution >= 0.6 is 27.7 Å². The third-order valence-electron chi connectivity index (χ3n) is 3.27. The van der Waals surface area contributed by atoms with Crippen molar-refractivity contribution in [2.75, 3.05) is 4.72 Å². The van der Waals surface area contributed by atoms with Crippen molar-refractivity contribution in [3.8, 4) is 5.75 Å². The molecule has 3 rings (SSSR count). The van der Waals surface area contributed by atoms with E-state index in [0.717, 1.165) is 16.2 Å². The fourth-order valence-corrected chi connectivity index (χ4v) is 4.16. The zero-order chi connectivity index (χ0) is 18.0. The molecule has 0 radical (unpaired) electrons. The second-order valence-electron chi connectivity index (χ2n) is 5.09. The molecule has 7 nitrogen and oxygen atoms in total. The number of aryl methyl sites for hydroxylation is 1. The molecule has 0 saturated heterocycles. The molecule has 130 valence electrons. The zero-order valence-electron chi connectivity index (χ0n) is 12.9. The number of sulfonamides is 1. The number of aromatic amines is 1. The van der Waals surface area contributed by atoms with E-state index in [0.29, 0.717) is 21.3 Å². The summed E-state index contributed by atoms with van der Waals surface area (Å²) in [5, 5.41) is 17.0. The van der Waals surface area contributed by atoms with Gasteiger partial charge in [-0.1, -0.05) is 15.9 Å². The van der Waals surface area contributed by atoms with Crippen LogP contribution in [0.5, 0.6) is 5.75 Å². The highest BCUT2D eigenvalue weighted by Gasteiger charge is 2.17. The second-order valence-corrected chi connectivity index (χ2v) is 8.72. The number of aromatic nitrogens is 3. The fraction of sp³-hybridized carbons (Fsp3) is 0.0667. The first kappa shape index (κ1) is 17.8. The Labute approximate surface area is 157 Å². The van der Waals surface area contributed by atoms with E-state index < -0.39 is 10.0 Å². The molecule has 0 fully saturated rings. The van der Waals surface area contributed by atoms with Crippen LogP contribution in [0.15, 0.2) is 62.1 Å². The van der Waals surface area contributed by atoms with E-state index in [4.69, 9.17) is 0 Å². The van der Waals surface area contributed by atoms with Crippen LogP contribution in [0, 0.1) is 6.92 Å². The number of nitrogens with zero attached hydrogens (tertiary/aromatic N) is 2. The molecule has 3 N–H and O–H groups in total. The molecule has 0 amide bonds. The molecule has 10 heteroatoms. The molecular formula is C15H13BrN4O3S2. The van der Waals surface area contributed by atoms with E-state index in [1.165, 1.54) is 24.5 Å². The summed E-state index contributed by atoms with van der Waals surface area (Å²) in [5.41, 5.74) is 0.975. The molecule has 0 unspecified atom stereocenters. The maximum absolute atomic E-state index is 12.6. The summed E-state index contributed by atoms with van der Waals surface area (Å²) in [6.45, 7) is 1.71. The van der Waals surface area contributed by atoms with Gasteiger partial charge in [0, 0.05) is 4.47 Å². The van der Waals surface area contributed by atoms with Crippen LogP contribution in [-0.4, -0.2) is 28.7 Å². The van der Waals surface area contributed by atoms with E-state index in [1.807, 2.05) is 0 Å². The van der Waals surface area contributed by atoms with Gasteiger partial charge in [0.2, 0.25) is 0 Å². The minimum Gasteiger partial charge on any atom is -0.507 e. The molecule has 3 aromatic rings. The SMILES string of the molecule is Cc1cc(O)c(Sc2ncn[nH]2)cc1NS(=O)(=O)c1ccc(Br)cc1. The van der Waals surface area contributed by atoms with Gasteiger partial charge in [-0.05, 0) is 60.6 Å². The zero-order valence-corrected chi connectivity index (χ0v) is 16.1. The van der Waals surface area contributed by atoms with Gasteiger partial charge in [-0.15, -0.1) is 0 Å². The minimum atomic E-state index is -3.74. The Bertz CT molecular complexity index is 990. The first-order valence-electron chi connectivity index (χ1n) is 7.00. The smallest absolute Gasteiger partial charge is 0.261 e. The topological polar surface area (TPSA) is 108 Å². The summed E-state index contributed by atoms with van der Waals surface area (Å²) in [5.74, 6) is 0.0329. The Hall–Kier alpha value is -2.04. The van der Waals surface area contributed by atoms with Crippen LogP contribution < -0.4 is 4.72 Å². The monoisotopic (exact) mass is 440 g/mol. The lowest BCUT2D eigenvalue weighted by Gasteiger charge is -2.13. The Morgan fingerprint density at radius 2 is 1.96 bits per heavy atom. The van der Waals surface area contributed by atoms with Crippen LogP contribution in [-0.2, 0) is 10.0 Å². The van der Waals surface area contributed by atoms with Crippen LogP contribution in [0.1, 0.15) is 5.56 Å². The Kier molecular flexibility index (Phi) is 5.02. The fourth-order valence-electron chi connectivity index (χ4n) is 2.03. The lowest BCUT2D eigenvalue weighted by molar-refractivity contribution is 0.462. The van der Waals surface area contributed by atoms with Gasteiger partial charge >= 0.3 is 0 Å². The first-order chi connectivity index (χ1) is 11.8. The number of phenolic OH excluding ortho intramolecular Hbond substituents is 1. The van der Waals surface area contributed by atoms with Crippen molar-refractivity contribution >= 4 is 43.4 Å². The second kappa shape index (κ2) is 7.06. The summed E-state index contributed by atoms with van der Waals surface area (Å²) >= 11 is 4.42. The number of phenols is 1. The highest BCUT2D eigenvalue weighted by Crippen LogP contribution is 2.36. The molecule has 2 aromatic carbocycles. The minimum absolute atomic E-state index is 0.0329. The Balaban J connectivity index is 1.92. The van der Waals surface area contributed by atoms with E-state index in [2.05, 4.69) is 35.8 Å². The Morgan fingerprint density at radius 3 is 2.60 bits per heavy atom. The maximum Gasteiger partial charge on any atom is 0.261 e. The number of hydrogen-bond donors (Lipinski definition) is 3. The van der Waals surface area contributed by atoms with E-state index in [-0.39, 0.29) is 10.6 Å². The van der Waals surface area contributed by atoms with Crippen LogP contribution in [0.3, 0.4) is 0 Å². The summed E-state index contributed by atoms with van der Waals surface area (Å²) in [6.07, 6.45) is 1.35. The highest BCUT2D eigenvalue weighted by atomic mass is 79.9. The summed E-state index contributed by atoms with van der Waals surface area (Å²) in [4.78, 5) is 4.58. The predicted octanol–water partition coefficient (Wildman–Crippen LogP) is 3.53. The van der Waals surface area contributed by atoms with Crippen LogP contribution in [0.2, 0.25) is 0 Å². The third-order valence-corrected chi connectivity index (χ3v) is 6.12. The summed E-state index contributed by atoms with van der Waals surface area (Å²) in [6, 6.07) is 9.39. The van der Waals surface area contributed by atoms with Crippen molar-refractivity contribution in [1.29, 1.82) is 0 Å². The predicted molar refractivity (Wildman–Crippen MR) is 98.3 cm³/mol. The van der Waals surface area contributed by atoms with Gasteiger partial charge in [-0.25, -0.2) is 13.4 Å². The van der Waals surface area contributed by atoms with Crippen LogP contribution in [0.25, 0.3) is 0 Å². The molecule has 0 bridgehead atoms. The Morgan fingerprint density at radius 1 is 1.24 bits per heavy atom. The molecule has 0 saturated carbocycles. The molecule has 25 heavy (non-hydrogen) atoms. The lowest BCUT2D eigenvalue weighted by Crippen LogP contribution is -2.13. The average molecular weight is 441 g/mol. The number of halogens is 1. The van der Waals surface area contributed by atoms with Crippen molar-refractivity contribution in [3.05, 3.63) is 52.8 Å². The van der Waals surface area contributed by atoms with Crippen molar-refractivity contribution in [3.63, 3.8) is 0 Å². The standard InChI is InChI=1S/C15H13BrN4O3S2/c1-9-6-13(21)14(24-15-17-8-18-19-15)7-12(9)20-25(22,23)11-4-2-10(16)3-5-11/h2-8,20-21H,1H3,(H,17,18,19). The van der Waals surface area contributed by atoms with Gasteiger partial charge in [0.1, 0.15) is 12.1 Å². The molecule has 1 heterocycles. The van der Waals surface area contributed by atoms with Gasteiger partial charge in [-0.2, -0.15) is 5.10 Å². The maximum atomic E-state index is 12.6. The summed E-state index contributed by atoms with van der Waals surface area (Å²) in [7, 11) is -3.74. The van der Waals surface area contributed by atoms with Gasteiger partial charge < -0.3 is 5.11 Å². The lowest BCUT2D eigenvalue weighted by atomic mass is 10.2. The number of benzene rings is 2. The van der Waals surface area contributed by atoms with Gasteiger partial charge in [0.15, 0.2) is 5.16 Å². The normalized spacial score (nSPS) is 11.4. The van der Waals surface area contributed by atoms with Crippen molar-refractivity contribution in [2.45, 2.75) is 21.9 Å². The summed E-state index contributed by atoms with van der Waals surface area (Å²) < 4.78 is 28.5. The van der Waals surface area contributed by atoms with Crippen LogP contribution in [0.4, 0.5) is 5.69 Å². The molecule has 0 spiro atoms. The number of aromatic hydroxyl groups is 1. The average Bonchev–Trinajstić information content (AvgIpc) is 3.05. The van der Waals surface area contributed by atoms with E-state index >= 15 is 0 Å². The van der Waals surface area contributed by atoms with Gasteiger partial charge in [0.25, 0.3) is 10.0 Å². The molecule has 0 aliphatic carbocycles. The van der Waals surface area contributed by atoms with Crippen molar-refractivity contribution < 1.29 is 13.5 Å². The van der Waals surface area contributed by atoms with Gasteiger partial charge in [0.05, 0.1) is 15.5 Å². The molecule has 1 aromatic heterocycles. The largest absolute Gasteiger partial charge is 0.507 e. The molecule has 0 aliphatic rings. The van der Waals surface area contributed by atoms with Crippen molar-refractivity contribution in [2.24, 2.45) is 0 Å². The van der Waals surface area contributed by atoms with E-state index in [9.17, 15) is 13.5 Å². The van der Waals surface area contributed by atoms with Gasteiger partial charge in [-0.3, -0.25) is 9.82 Å². The number of H-pyrrole nitrogens is 1. The number of hydrogen-bond acceptors (Lipinski definition) is 6. The number of anilines is 1. The molecule has 0 atom stereocenters. The first-order valence-corrected chi connectivity index (χ1v) is 10.1. The van der Waals surface area contributed by atoms with Crippen molar-refractivity contribution in [1.82, 2.24) is 15.2 Å². The highest BCUT2D eigenvalue weighted by molar-refractivity contribution is 9.10. The third kappa shape index (κ3) is 4.14. The molecular weight excluding hydrogens is 428 g/mol. The number of nitrogens with one attached hydrogen (secondary N) is 2. The number of rotatable bonds is 5. The molecule has 0 aliphatic heterocycles. The van der Waals surface area contributed by atoms with E-state index in [1.54, 1.807) is 25.1 Å².